The SMILES string of the molecule is CC(C)N(C(=O)C1CCC(C(F)(F)F)CC1)c1nn(-c2ccc(-c3cn4ccsc4n3)cc2)cc1C(=O)O. The first-order valence-electron chi connectivity index (χ1n) is 12.3. The average molecular weight is 546 g/mol. The molecule has 1 N–H and O–H groups in total. The normalized spacial score (nSPS) is 18.3. The fourth-order valence-corrected chi connectivity index (χ4v) is 5.65. The Balaban J connectivity index is 1.41. The van der Waals surface area contributed by atoms with E-state index in [0.29, 0.717) is 5.69 Å². The van der Waals surface area contributed by atoms with E-state index in [-0.39, 0.29) is 37.1 Å². The van der Waals surface area contributed by atoms with Gasteiger partial charge in [-0.15, -0.1) is 16.4 Å². The van der Waals surface area contributed by atoms with E-state index in [4.69, 9.17) is 0 Å². The van der Waals surface area contributed by atoms with Crippen molar-refractivity contribution in [2.24, 2.45) is 11.8 Å². The van der Waals surface area contributed by atoms with Gasteiger partial charge in [0.25, 0.3) is 0 Å². The Morgan fingerprint density at radius 3 is 2.37 bits per heavy atom. The summed E-state index contributed by atoms with van der Waals surface area (Å²) in [5, 5.41) is 16.3. The van der Waals surface area contributed by atoms with Crippen LogP contribution in [0, 0.1) is 11.8 Å². The standard InChI is InChI=1S/C26H26F3N5O3S/c1-15(2)34(23(35)17-3-7-18(8-4-17)26(27,28)29)22-20(24(36)37)13-33(31-22)19-9-5-16(6-10-19)21-14-32-11-12-38-25(32)30-21/h5-6,9-15,17-18H,3-4,7-8H2,1-2H3,(H,36,37). The van der Waals surface area contributed by atoms with Gasteiger partial charge in [-0.3, -0.25) is 14.1 Å². The summed E-state index contributed by atoms with van der Waals surface area (Å²) < 4.78 is 42.6. The fourth-order valence-electron chi connectivity index (χ4n) is 4.95. The van der Waals surface area contributed by atoms with Crippen molar-refractivity contribution in [3.8, 4) is 16.9 Å². The molecule has 3 heterocycles. The summed E-state index contributed by atoms with van der Waals surface area (Å²) in [5.74, 6) is -3.70. The van der Waals surface area contributed by atoms with Crippen LogP contribution in [0.1, 0.15) is 49.9 Å². The molecule has 0 spiro atoms. The molecule has 1 saturated carbocycles. The molecule has 1 aliphatic carbocycles. The van der Waals surface area contributed by atoms with Crippen molar-refractivity contribution in [1.29, 1.82) is 0 Å². The first-order chi connectivity index (χ1) is 18.0. The van der Waals surface area contributed by atoms with Crippen molar-refractivity contribution in [2.75, 3.05) is 4.90 Å². The molecule has 0 saturated heterocycles. The predicted octanol–water partition coefficient (Wildman–Crippen LogP) is 6.06. The minimum Gasteiger partial charge on any atom is -0.477 e. The van der Waals surface area contributed by atoms with E-state index in [0.717, 1.165) is 16.2 Å². The topological polar surface area (TPSA) is 92.7 Å². The fraction of sp³-hybridized carbons (Fsp3) is 0.385. The van der Waals surface area contributed by atoms with Crippen LogP contribution >= 0.6 is 11.3 Å². The zero-order valence-electron chi connectivity index (χ0n) is 20.7. The first-order valence-corrected chi connectivity index (χ1v) is 13.2. The first kappa shape index (κ1) is 26.0. The maximum Gasteiger partial charge on any atom is 0.391 e. The second-order valence-corrected chi connectivity index (χ2v) is 10.6. The Hall–Kier alpha value is -3.67. The molecular formula is C26H26F3N5O3S. The number of benzene rings is 1. The third-order valence-electron chi connectivity index (χ3n) is 6.97. The highest BCUT2D eigenvalue weighted by Gasteiger charge is 2.43. The molecule has 4 aromatic rings. The van der Waals surface area contributed by atoms with Crippen molar-refractivity contribution in [1.82, 2.24) is 19.2 Å². The zero-order chi connectivity index (χ0) is 27.2. The molecule has 0 radical (unpaired) electrons. The molecule has 8 nitrogen and oxygen atoms in total. The number of carbonyl (C=O) groups is 2. The minimum absolute atomic E-state index is 0.0196. The van der Waals surface area contributed by atoms with Crippen molar-refractivity contribution in [3.63, 3.8) is 0 Å². The number of alkyl halides is 3. The van der Waals surface area contributed by atoms with Crippen LogP contribution in [-0.2, 0) is 4.79 Å². The van der Waals surface area contributed by atoms with Gasteiger partial charge >= 0.3 is 12.1 Å². The third kappa shape index (κ3) is 4.92. The van der Waals surface area contributed by atoms with Crippen LogP contribution in [0.4, 0.5) is 19.0 Å². The summed E-state index contributed by atoms with van der Waals surface area (Å²) in [7, 11) is 0. The van der Waals surface area contributed by atoms with Gasteiger partial charge in [-0.2, -0.15) is 13.2 Å². The molecule has 200 valence electrons. The number of carboxylic acids is 1. The van der Waals surface area contributed by atoms with Crippen molar-refractivity contribution in [3.05, 3.63) is 53.8 Å². The van der Waals surface area contributed by atoms with Gasteiger partial charge in [0, 0.05) is 41.5 Å². The summed E-state index contributed by atoms with van der Waals surface area (Å²) >= 11 is 1.53. The van der Waals surface area contributed by atoms with Gasteiger partial charge in [-0.05, 0) is 51.7 Å². The van der Waals surface area contributed by atoms with Crippen LogP contribution in [0.5, 0.6) is 0 Å². The Morgan fingerprint density at radius 1 is 1.11 bits per heavy atom. The second-order valence-electron chi connectivity index (χ2n) is 9.77. The second kappa shape index (κ2) is 9.90. The number of halogens is 3. The lowest BCUT2D eigenvalue weighted by Crippen LogP contribution is -2.44. The number of aromatic nitrogens is 4. The number of aromatic carboxylic acids is 1. The highest BCUT2D eigenvalue weighted by molar-refractivity contribution is 7.15. The highest BCUT2D eigenvalue weighted by Crippen LogP contribution is 2.40. The van der Waals surface area contributed by atoms with Crippen LogP contribution in [0.2, 0.25) is 0 Å². The van der Waals surface area contributed by atoms with Gasteiger partial charge in [-0.25, -0.2) is 14.5 Å². The molecule has 1 fully saturated rings. The number of thiazole rings is 1. The van der Waals surface area contributed by atoms with Crippen molar-refractivity contribution in [2.45, 2.75) is 51.7 Å². The molecule has 5 rings (SSSR count). The maximum atomic E-state index is 13.5. The number of amides is 1. The summed E-state index contributed by atoms with van der Waals surface area (Å²) in [5.41, 5.74) is 2.11. The van der Waals surface area contributed by atoms with Gasteiger partial charge in [0.1, 0.15) is 5.56 Å². The van der Waals surface area contributed by atoms with E-state index < -0.39 is 35.9 Å². The van der Waals surface area contributed by atoms with Gasteiger partial charge in [-0.1, -0.05) is 12.1 Å². The van der Waals surface area contributed by atoms with Crippen LogP contribution in [0.15, 0.2) is 48.2 Å². The number of anilines is 1. The summed E-state index contributed by atoms with van der Waals surface area (Å²) in [6.45, 7) is 3.46. The molecule has 1 aromatic carbocycles. The van der Waals surface area contributed by atoms with Crippen LogP contribution < -0.4 is 4.90 Å². The summed E-state index contributed by atoms with van der Waals surface area (Å²) in [6, 6.07) is 6.83. The van der Waals surface area contributed by atoms with Gasteiger partial charge in [0.15, 0.2) is 10.8 Å². The Kier molecular flexibility index (Phi) is 6.76. The lowest BCUT2D eigenvalue weighted by molar-refractivity contribution is -0.184. The summed E-state index contributed by atoms with van der Waals surface area (Å²) in [6.07, 6.45) is 0.884. The third-order valence-corrected chi connectivity index (χ3v) is 7.74. The van der Waals surface area contributed by atoms with Crippen LogP contribution in [-0.4, -0.2) is 48.4 Å². The van der Waals surface area contributed by atoms with E-state index in [1.165, 1.54) is 27.1 Å². The number of carboxylic acid groups (broad SMARTS) is 1. The lowest BCUT2D eigenvalue weighted by Gasteiger charge is -2.34. The quantitative estimate of drug-likeness (QED) is 0.318. The molecule has 38 heavy (non-hydrogen) atoms. The Bertz CT molecular complexity index is 1430. The minimum atomic E-state index is -4.27. The maximum absolute atomic E-state index is 13.5. The molecule has 0 unspecified atom stereocenters. The molecule has 0 bridgehead atoms. The smallest absolute Gasteiger partial charge is 0.391 e. The molecular weight excluding hydrogens is 519 g/mol. The number of imidazole rings is 1. The van der Waals surface area contributed by atoms with Gasteiger partial charge in [0.05, 0.1) is 17.3 Å². The van der Waals surface area contributed by atoms with E-state index in [1.54, 1.807) is 26.0 Å². The molecule has 1 amide bonds. The van der Waals surface area contributed by atoms with Crippen LogP contribution in [0.3, 0.4) is 0 Å². The number of hydrogen-bond donors (Lipinski definition) is 1. The van der Waals surface area contributed by atoms with Gasteiger partial charge < -0.3 is 5.11 Å². The Labute approximate surface area is 220 Å². The number of fused-ring (bicyclic) bond motifs is 1. The molecule has 3 aromatic heterocycles. The Morgan fingerprint density at radius 2 is 1.79 bits per heavy atom. The van der Waals surface area contributed by atoms with Crippen molar-refractivity contribution >= 4 is 34.0 Å². The van der Waals surface area contributed by atoms with E-state index in [9.17, 15) is 27.9 Å². The largest absolute Gasteiger partial charge is 0.477 e. The van der Waals surface area contributed by atoms with E-state index in [2.05, 4.69) is 10.1 Å². The molecule has 0 atom stereocenters. The monoisotopic (exact) mass is 545 g/mol. The number of rotatable bonds is 6. The number of carbonyl (C=O) groups excluding carboxylic acids is 1. The van der Waals surface area contributed by atoms with E-state index in [1.807, 2.05) is 34.3 Å². The zero-order valence-corrected chi connectivity index (χ0v) is 21.5. The summed E-state index contributed by atoms with van der Waals surface area (Å²) in [4.78, 5) is 32.4. The average Bonchev–Trinajstić information content (AvgIpc) is 3.59. The highest BCUT2D eigenvalue weighted by atomic mass is 32.1. The van der Waals surface area contributed by atoms with Crippen molar-refractivity contribution < 1.29 is 27.9 Å². The number of nitrogens with zero attached hydrogens (tertiary/aromatic N) is 5. The van der Waals surface area contributed by atoms with Gasteiger partial charge in [0.2, 0.25) is 5.91 Å². The van der Waals surface area contributed by atoms with E-state index >= 15 is 0 Å². The van der Waals surface area contributed by atoms with Crippen LogP contribution in [0.25, 0.3) is 21.9 Å². The number of hydrogen-bond acceptors (Lipinski definition) is 5. The lowest BCUT2D eigenvalue weighted by atomic mass is 9.81. The molecule has 1 aliphatic rings. The molecule has 0 aliphatic heterocycles. The predicted molar refractivity (Wildman–Crippen MR) is 137 cm³/mol. The molecule has 12 heteroatoms.